The monoisotopic (exact) mass is 226 g/mol. The summed E-state index contributed by atoms with van der Waals surface area (Å²) in [6.45, 7) is 4.11. The van der Waals surface area contributed by atoms with E-state index < -0.39 is 5.60 Å². The van der Waals surface area contributed by atoms with Crippen molar-refractivity contribution >= 4 is 11.4 Å². The van der Waals surface area contributed by atoms with Crippen LogP contribution in [0.5, 0.6) is 0 Å². The smallest absolute Gasteiger partial charge is 0.125 e. The molecular formula is C12H19FN2O. The van der Waals surface area contributed by atoms with E-state index in [9.17, 15) is 9.50 Å². The molecule has 90 valence electrons. The Morgan fingerprint density at radius 2 is 2.19 bits per heavy atom. The lowest BCUT2D eigenvalue weighted by molar-refractivity contribution is 0.0637. The second kappa shape index (κ2) is 5.16. The number of hydrogen-bond acceptors (Lipinski definition) is 3. The van der Waals surface area contributed by atoms with Crippen molar-refractivity contribution in [3.63, 3.8) is 0 Å². The van der Waals surface area contributed by atoms with E-state index in [2.05, 4.69) is 5.32 Å². The van der Waals surface area contributed by atoms with Crippen molar-refractivity contribution in [1.82, 2.24) is 0 Å². The summed E-state index contributed by atoms with van der Waals surface area (Å²) < 4.78 is 13.0. The molecule has 0 saturated heterocycles. The Hall–Kier alpha value is -1.29. The first-order valence-electron chi connectivity index (χ1n) is 5.46. The molecule has 4 heteroatoms. The number of anilines is 2. The highest BCUT2D eigenvalue weighted by Crippen LogP contribution is 2.21. The lowest BCUT2D eigenvalue weighted by Crippen LogP contribution is -2.33. The topological polar surface area (TPSA) is 58.3 Å². The predicted octanol–water partition coefficient (Wildman–Crippen LogP) is 2.37. The van der Waals surface area contributed by atoms with Gasteiger partial charge in [-0.3, -0.25) is 0 Å². The van der Waals surface area contributed by atoms with E-state index in [0.29, 0.717) is 24.3 Å². The molecule has 0 aliphatic heterocycles. The van der Waals surface area contributed by atoms with E-state index in [1.807, 2.05) is 6.92 Å². The number of hydrogen-bond donors (Lipinski definition) is 3. The number of nitrogen functional groups attached to an aromatic ring is 1. The third kappa shape index (κ3) is 3.70. The Morgan fingerprint density at radius 1 is 1.50 bits per heavy atom. The maximum absolute atomic E-state index is 13.0. The van der Waals surface area contributed by atoms with E-state index in [4.69, 9.17) is 5.73 Å². The largest absolute Gasteiger partial charge is 0.397 e. The van der Waals surface area contributed by atoms with Gasteiger partial charge in [0.2, 0.25) is 0 Å². The molecule has 1 aromatic rings. The fourth-order valence-corrected chi connectivity index (χ4v) is 1.59. The molecule has 1 unspecified atom stereocenters. The quantitative estimate of drug-likeness (QED) is 0.675. The first-order chi connectivity index (χ1) is 7.44. The van der Waals surface area contributed by atoms with Crippen molar-refractivity contribution in [3.8, 4) is 0 Å². The molecule has 16 heavy (non-hydrogen) atoms. The van der Waals surface area contributed by atoms with Crippen LogP contribution in [0, 0.1) is 5.82 Å². The van der Waals surface area contributed by atoms with Gasteiger partial charge >= 0.3 is 0 Å². The van der Waals surface area contributed by atoms with Gasteiger partial charge in [0.15, 0.2) is 0 Å². The Bertz CT molecular complexity index is 353. The second-order valence-corrected chi connectivity index (χ2v) is 4.33. The molecule has 0 aliphatic carbocycles. The molecular weight excluding hydrogens is 207 g/mol. The van der Waals surface area contributed by atoms with Gasteiger partial charge in [0.1, 0.15) is 5.82 Å². The number of benzene rings is 1. The maximum Gasteiger partial charge on any atom is 0.125 e. The van der Waals surface area contributed by atoms with Gasteiger partial charge in [0.25, 0.3) is 0 Å². The van der Waals surface area contributed by atoms with Crippen LogP contribution in [0.2, 0.25) is 0 Å². The van der Waals surface area contributed by atoms with Crippen LogP contribution < -0.4 is 11.1 Å². The van der Waals surface area contributed by atoms with Gasteiger partial charge in [0, 0.05) is 6.54 Å². The summed E-state index contributed by atoms with van der Waals surface area (Å²) in [6.07, 6.45) is 1.59. The average Bonchev–Trinajstić information content (AvgIpc) is 2.19. The van der Waals surface area contributed by atoms with Crippen molar-refractivity contribution in [3.05, 3.63) is 24.0 Å². The Kier molecular flexibility index (Phi) is 4.12. The van der Waals surface area contributed by atoms with Crippen LogP contribution in [0.25, 0.3) is 0 Å². The number of rotatable bonds is 5. The van der Waals surface area contributed by atoms with E-state index in [-0.39, 0.29) is 5.82 Å². The zero-order valence-electron chi connectivity index (χ0n) is 9.76. The van der Waals surface area contributed by atoms with Gasteiger partial charge in [0.05, 0.1) is 17.0 Å². The Morgan fingerprint density at radius 3 is 2.81 bits per heavy atom. The highest BCUT2D eigenvalue weighted by atomic mass is 19.1. The van der Waals surface area contributed by atoms with Gasteiger partial charge in [-0.15, -0.1) is 0 Å². The lowest BCUT2D eigenvalue weighted by Gasteiger charge is -2.24. The zero-order chi connectivity index (χ0) is 12.2. The average molecular weight is 226 g/mol. The SMILES string of the molecule is CCCC(C)(O)CNc1cc(F)ccc1N. The van der Waals surface area contributed by atoms with Crippen molar-refractivity contribution in [2.45, 2.75) is 32.3 Å². The molecule has 0 spiro atoms. The maximum atomic E-state index is 13.0. The van der Waals surface area contributed by atoms with Crippen LogP contribution in [-0.2, 0) is 0 Å². The summed E-state index contributed by atoms with van der Waals surface area (Å²) in [7, 11) is 0. The summed E-state index contributed by atoms with van der Waals surface area (Å²) in [5, 5.41) is 12.9. The highest BCUT2D eigenvalue weighted by Gasteiger charge is 2.18. The normalized spacial score (nSPS) is 14.5. The molecule has 0 amide bonds. The van der Waals surface area contributed by atoms with Crippen molar-refractivity contribution in [1.29, 1.82) is 0 Å². The van der Waals surface area contributed by atoms with E-state index in [1.165, 1.54) is 18.2 Å². The van der Waals surface area contributed by atoms with Crippen LogP contribution in [0.15, 0.2) is 18.2 Å². The zero-order valence-corrected chi connectivity index (χ0v) is 9.76. The van der Waals surface area contributed by atoms with Gasteiger partial charge in [-0.05, 0) is 31.5 Å². The Labute approximate surface area is 95.5 Å². The molecule has 4 N–H and O–H groups in total. The molecule has 0 fully saturated rings. The number of halogens is 1. The molecule has 1 rings (SSSR count). The molecule has 0 saturated carbocycles. The van der Waals surface area contributed by atoms with E-state index in [1.54, 1.807) is 6.92 Å². The fraction of sp³-hybridized carbons (Fsp3) is 0.500. The van der Waals surface area contributed by atoms with Gasteiger partial charge in [-0.2, -0.15) is 0 Å². The minimum absolute atomic E-state index is 0.341. The van der Waals surface area contributed by atoms with E-state index in [0.717, 1.165) is 6.42 Å². The summed E-state index contributed by atoms with van der Waals surface area (Å²) in [6, 6.07) is 4.15. The minimum Gasteiger partial charge on any atom is -0.397 e. The molecule has 3 nitrogen and oxygen atoms in total. The van der Waals surface area contributed by atoms with Crippen LogP contribution >= 0.6 is 0 Å². The third-order valence-electron chi connectivity index (χ3n) is 2.46. The molecule has 1 aromatic carbocycles. The van der Waals surface area contributed by atoms with Crippen molar-refractivity contribution in [2.24, 2.45) is 0 Å². The number of nitrogens with two attached hydrogens (primary N) is 1. The minimum atomic E-state index is -0.798. The third-order valence-corrected chi connectivity index (χ3v) is 2.46. The molecule has 0 aliphatic rings. The molecule has 0 aromatic heterocycles. The summed E-state index contributed by atoms with van der Waals surface area (Å²) in [5.74, 6) is -0.341. The Balaban J connectivity index is 2.63. The van der Waals surface area contributed by atoms with Crippen LogP contribution in [0.3, 0.4) is 0 Å². The molecule has 1 atom stereocenters. The van der Waals surface area contributed by atoms with Crippen molar-refractivity contribution in [2.75, 3.05) is 17.6 Å². The summed E-state index contributed by atoms with van der Waals surface area (Å²) in [5.41, 5.74) is 5.89. The second-order valence-electron chi connectivity index (χ2n) is 4.33. The van der Waals surface area contributed by atoms with Gasteiger partial charge in [-0.1, -0.05) is 13.3 Å². The van der Waals surface area contributed by atoms with Crippen LogP contribution in [0.1, 0.15) is 26.7 Å². The number of nitrogens with one attached hydrogen (secondary N) is 1. The summed E-state index contributed by atoms with van der Waals surface area (Å²) >= 11 is 0. The standard InChI is InChI=1S/C12H19FN2O/c1-3-6-12(2,16)8-15-11-7-9(13)4-5-10(11)14/h4-5,7,15-16H,3,6,8,14H2,1-2H3. The summed E-state index contributed by atoms with van der Waals surface area (Å²) in [4.78, 5) is 0. The first kappa shape index (κ1) is 12.8. The van der Waals surface area contributed by atoms with Crippen LogP contribution in [0.4, 0.5) is 15.8 Å². The van der Waals surface area contributed by atoms with Gasteiger partial charge in [-0.25, -0.2) is 4.39 Å². The predicted molar refractivity (Wildman–Crippen MR) is 64.8 cm³/mol. The lowest BCUT2D eigenvalue weighted by atomic mass is 10.0. The van der Waals surface area contributed by atoms with Gasteiger partial charge < -0.3 is 16.2 Å². The fourth-order valence-electron chi connectivity index (χ4n) is 1.59. The van der Waals surface area contributed by atoms with Crippen molar-refractivity contribution < 1.29 is 9.50 Å². The highest BCUT2D eigenvalue weighted by molar-refractivity contribution is 5.65. The van der Waals surface area contributed by atoms with Crippen LogP contribution in [-0.4, -0.2) is 17.3 Å². The first-order valence-corrected chi connectivity index (χ1v) is 5.46. The molecule has 0 heterocycles. The number of aliphatic hydroxyl groups is 1. The molecule has 0 bridgehead atoms. The molecule has 0 radical (unpaired) electrons. The van der Waals surface area contributed by atoms with E-state index >= 15 is 0 Å².